The van der Waals surface area contributed by atoms with E-state index in [1.165, 1.54) is 115 Å². The molecule has 1 spiro atoms. The predicted octanol–water partition coefficient (Wildman–Crippen LogP) is 18.5. The van der Waals surface area contributed by atoms with Crippen LogP contribution in [-0.4, -0.2) is 13.4 Å². The Labute approximate surface area is 539 Å². The van der Waals surface area contributed by atoms with E-state index in [-0.39, 0.29) is 18.8 Å². The molecule has 2 aliphatic heterocycles. The Morgan fingerprint density at radius 1 is 0.407 bits per heavy atom. The summed E-state index contributed by atoms with van der Waals surface area (Å²) in [5.74, 6) is 0. The van der Waals surface area contributed by atoms with Gasteiger partial charge in [-0.1, -0.05) is 298 Å². The minimum absolute atomic E-state index is 0.0552. The van der Waals surface area contributed by atoms with Gasteiger partial charge in [-0.3, -0.25) is 0 Å². The average Bonchev–Trinajstić information content (AvgIpc) is 1.56. The van der Waals surface area contributed by atoms with Crippen LogP contribution in [0.4, 0.5) is 34.1 Å². The van der Waals surface area contributed by atoms with Gasteiger partial charge in [0, 0.05) is 38.6 Å². The van der Waals surface area contributed by atoms with Crippen LogP contribution in [0.3, 0.4) is 0 Å². The molecule has 0 saturated carbocycles. The number of hydrogen-bond donors (Lipinski definition) is 0. The fourth-order valence-corrected chi connectivity index (χ4v) is 16.9. The molecule has 1 aliphatic carbocycles. The quantitative estimate of drug-likeness (QED) is 0.126. The van der Waals surface area contributed by atoms with E-state index in [9.17, 15) is 0 Å². The Morgan fingerprint density at radius 2 is 0.945 bits per heavy atom. The predicted molar refractivity (Wildman–Crippen MR) is 390 cm³/mol. The zero-order valence-corrected chi connectivity index (χ0v) is 52.3. The fourth-order valence-electron chi connectivity index (χ4n) is 15.6. The van der Waals surface area contributed by atoms with Crippen molar-refractivity contribution in [1.82, 2.24) is 0 Å². The van der Waals surface area contributed by atoms with Crippen molar-refractivity contribution in [2.75, 3.05) is 9.80 Å². The Morgan fingerprint density at radius 3 is 1.57 bits per heavy atom. The third-order valence-electron chi connectivity index (χ3n) is 19.7. The molecule has 5 heteroatoms. The van der Waals surface area contributed by atoms with Gasteiger partial charge in [0.05, 0.1) is 16.8 Å². The van der Waals surface area contributed by atoms with E-state index < -0.39 is 5.41 Å². The first kappa shape index (κ1) is 54.7. The molecule has 0 fully saturated rings. The molecule has 0 N–H and O–H groups in total. The lowest BCUT2D eigenvalue weighted by Crippen LogP contribution is -2.64. The highest BCUT2D eigenvalue weighted by atomic mass is 32.1. The summed E-state index contributed by atoms with van der Waals surface area (Å²) in [6.45, 7) is 9.38. The zero-order chi connectivity index (χ0) is 61.0. The van der Waals surface area contributed by atoms with E-state index >= 15 is 0 Å². The van der Waals surface area contributed by atoms with E-state index in [2.05, 4.69) is 353 Å². The van der Waals surface area contributed by atoms with Crippen LogP contribution in [0.2, 0.25) is 0 Å². The summed E-state index contributed by atoms with van der Waals surface area (Å²) in [5.41, 5.74) is 30.0. The second-order valence-corrected chi connectivity index (χ2v) is 27.0. The summed E-state index contributed by atoms with van der Waals surface area (Å²) in [4.78, 5) is 5.20. The number of rotatable bonds is 10. The lowest BCUT2D eigenvalue weighted by molar-refractivity contribution is 0.588. The maximum absolute atomic E-state index is 2.69. The molecule has 0 radical (unpaired) electrons. The number of fused-ring (bicyclic) bond motifs is 13. The molecule has 91 heavy (non-hydrogen) atoms. The molecule has 0 atom stereocenters. The van der Waals surface area contributed by atoms with Crippen LogP contribution < -0.4 is 41.9 Å². The van der Waals surface area contributed by atoms with Crippen molar-refractivity contribution in [3.05, 3.63) is 349 Å². The van der Waals surface area contributed by atoms with Crippen molar-refractivity contribution in [1.29, 1.82) is 0 Å². The fraction of sp³-hybridized carbons (Fsp3) is 0.0698. The molecule has 17 rings (SSSR count). The Bertz CT molecular complexity index is 5030. The third kappa shape index (κ3) is 8.77. The molecule has 2 nitrogen and oxygen atoms in total. The molecule has 0 amide bonds. The summed E-state index contributed by atoms with van der Waals surface area (Å²) < 4.78 is 2.70. The first-order valence-electron chi connectivity index (χ1n) is 32.0. The van der Waals surface area contributed by atoms with Gasteiger partial charge in [-0.05, 0) is 155 Å². The standard InChI is InChI=1S/C86H64B2N2S/c1-57-42-50-78(71(52-57)60-30-14-7-15-31-60)90-79-56-67(89(77-41-25-22-36-68(77)59-28-12-6-13-29-59)66-46-44-65(45-47-66)87(63-32-16-8-17-33-63)64-34-18-9-19-35-64)48-49-76(79)88-83-75(54-62(55-80(83)90)85(2,3)4)86(73-39-23-20-37-69(73)70-38-21-24-40-74(70)86)82-72-53-61(58-26-10-5-11-27-58)43-51-81(72)91-84(82)88/h5-56H,1-4H3. The monoisotopic (exact) mass is 1180 g/mol. The number of nitrogens with zero attached hydrogens (tertiary/aromatic N) is 2. The number of thiophene rings is 1. The smallest absolute Gasteiger partial charge is 0.259 e. The highest BCUT2D eigenvalue weighted by molar-refractivity contribution is 7.33. The van der Waals surface area contributed by atoms with Crippen molar-refractivity contribution >= 4 is 101 Å². The van der Waals surface area contributed by atoms with E-state index in [0.717, 1.165) is 39.6 Å². The molecular weight excluding hydrogens is 1110 g/mol. The van der Waals surface area contributed by atoms with Crippen LogP contribution in [0.5, 0.6) is 0 Å². The summed E-state index contributed by atoms with van der Waals surface area (Å²) >= 11 is 2.00. The summed E-state index contributed by atoms with van der Waals surface area (Å²) in [6, 6.07) is 119. The Balaban J connectivity index is 0.979. The molecule has 3 aliphatic rings. The van der Waals surface area contributed by atoms with Crippen LogP contribution >= 0.6 is 11.3 Å². The summed E-state index contributed by atoms with van der Waals surface area (Å²) in [6.07, 6.45) is 0. The van der Waals surface area contributed by atoms with Gasteiger partial charge >= 0.3 is 0 Å². The minimum atomic E-state index is -0.652. The maximum atomic E-state index is 2.69. The molecule has 0 unspecified atom stereocenters. The Hall–Kier alpha value is -10.5. The van der Waals surface area contributed by atoms with Crippen LogP contribution in [0.25, 0.3) is 54.6 Å². The molecule has 0 bridgehead atoms. The van der Waals surface area contributed by atoms with E-state index in [1.807, 2.05) is 11.3 Å². The molecule has 430 valence electrons. The topological polar surface area (TPSA) is 6.48 Å². The number of anilines is 6. The van der Waals surface area contributed by atoms with Crippen LogP contribution in [-0.2, 0) is 10.8 Å². The number of aryl methyl sites for hydroxylation is 1. The molecule has 1 aromatic heterocycles. The average molecular weight is 1180 g/mol. The number of benzene rings is 13. The Kier molecular flexibility index (Phi) is 13.0. The first-order valence-corrected chi connectivity index (χ1v) is 32.8. The molecule has 13 aromatic carbocycles. The van der Waals surface area contributed by atoms with Crippen molar-refractivity contribution in [2.45, 2.75) is 38.5 Å². The molecule has 0 saturated heterocycles. The highest BCUT2D eigenvalue weighted by Crippen LogP contribution is 2.61. The third-order valence-corrected chi connectivity index (χ3v) is 20.9. The first-order chi connectivity index (χ1) is 44.7. The molecule has 14 aromatic rings. The van der Waals surface area contributed by atoms with Crippen molar-refractivity contribution < 1.29 is 0 Å². The van der Waals surface area contributed by atoms with Gasteiger partial charge in [-0.25, -0.2) is 0 Å². The second-order valence-electron chi connectivity index (χ2n) is 25.9. The van der Waals surface area contributed by atoms with Gasteiger partial charge in [0.1, 0.15) is 0 Å². The second kappa shape index (κ2) is 21.7. The largest absolute Gasteiger partial charge is 0.311 e. The van der Waals surface area contributed by atoms with Gasteiger partial charge in [0.25, 0.3) is 6.71 Å². The van der Waals surface area contributed by atoms with E-state index in [4.69, 9.17) is 0 Å². The SMILES string of the molecule is Cc1ccc(N2c3cc(N(c4ccc(B(c5ccccc5)c5ccccc5)cc4)c4ccccc4-c4ccccc4)ccc3B3c4sc5ccc(-c6ccccc6)cc5c4C4(c5ccccc5-c5ccccc54)c4cc(C(C)(C)C)cc2c43)c(-c2ccccc2)c1. The minimum Gasteiger partial charge on any atom is -0.311 e. The van der Waals surface area contributed by atoms with Gasteiger partial charge in [0.2, 0.25) is 6.71 Å². The van der Waals surface area contributed by atoms with Gasteiger partial charge < -0.3 is 9.80 Å². The van der Waals surface area contributed by atoms with Crippen LogP contribution in [0.1, 0.15) is 54.2 Å². The van der Waals surface area contributed by atoms with Crippen molar-refractivity contribution in [3.8, 4) is 44.5 Å². The van der Waals surface area contributed by atoms with Crippen LogP contribution in [0, 0.1) is 6.92 Å². The summed E-state index contributed by atoms with van der Waals surface area (Å²) in [7, 11) is 0. The lowest BCUT2D eigenvalue weighted by atomic mass is 9.32. The van der Waals surface area contributed by atoms with E-state index in [1.54, 1.807) is 0 Å². The summed E-state index contributed by atoms with van der Waals surface area (Å²) in [5, 5.41) is 1.32. The number of para-hydroxylation sites is 1. The van der Waals surface area contributed by atoms with E-state index in [0.29, 0.717) is 0 Å². The van der Waals surface area contributed by atoms with Crippen molar-refractivity contribution in [2.24, 2.45) is 0 Å². The van der Waals surface area contributed by atoms with Crippen LogP contribution in [0.15, 0.2) is 315 Å². The van der Waals surface area contributed by atoms with Gasteiger partial charge in [0.15, 0.2) is 0 Å². The molecular formula is C86H64B2N2S. The normalized spacial score (nSPS) is 13.1. The zero-order valence-electron chi connectivity index (χ0n) is 51.5. The maximum Gasteiger partial charge on any atom is 0.259 e. The van der Waals surface area contributed by atoms with Gasteiger partial charge in [-0.15, -0.1) is 11.3 Å². The lowest BCUT2D eigenvalue weighted by Gasteiger charge is -2.47. The number of hydrogen-bond acceptors (Lipinski definition) is 3. The highest BCUT2D eigenvalue weighted by Gasteiger charge is 2.57. The van der Waals surface area contributed by atoms with Gasteiger partial charge in [-0.2, -0.15) is 0 Å². The molecule has 3 heterocycles. The van der Waals surface area contributed by atoms with Crippen molar-refractivity contribution in [3.63, 3.8) is 0 Å².